The van der Waals surface area contributed by atoms with E-state index in [4.69, 9.17) is 11.6 Å². The molecule has 0 spiro atoms. The zero-order valence-corrected chi connectivity index (χ0v) is 11.1. The number of rotatable bonds is 5. The molecule has 1 heterocycles. The topological polar surface area (TPSA) is 29.1 Å². The minimum Gasteiger partial charge on any atom is -0.295 e. The molecule has 0 unspecified atom stereocenters. The fourth-order valence-corrected chi connectivity index (χ4v) is 2.78. The van der Waals surface area contributed by atoms with Crippen LogP contribution in [0.25, 0.3) is 0 Å². The van der Waals surface area contributed by atoms with Gasteiger partial charge in [-0.3, -0.25) is 9.52 Å². The number of carbonyl (C=O) groups excluding carboxylic acids is 1. The monoisotopic (exact) mass is 263 g/mol. The van der Waals surface area contributed by atoms with E-state index in [9.17, 15) is 4.79 Å². The molecule has 0 atom stereocenters. The third kappa shape index (κ3) is 4.91. The van der Waals surface area contributed by atoms with Crippen molar-refractivity contribution in [3.63, 3.8) is 0 Å². The molecular formula is C10H14ClNOS2. The van der Waals surface area contributed by atoms with Crippen LogP contribution in [0.2, 0.25) is 5.02 Å². The molecule has 0 aliphatic carbocycles. The van der Waals surface area contributed by atoms with Crippen LogP contribution in [0.15, 0.2) is 15.7 Å². The maximum absolute atomic E-state index is 11.4. The summed E-state index contributed by atoms with van der Waals surface area (Å²) in [5.74, 6) is 0.629. The number of hydrogen-bond donors (Lipinski definition) is 1. The first-order valence-electron chi connectivity index (χ1n) is 4.78. The molecule has 0 aliphatic rings. The van der Waals surface area contributed by atoms with Crippen LogP contribution in [-0.2, 0) is 4.79 Å². The van der Waals surface area contributed by atoms with E-state index < -0.39 is 0 Å². The van der Waals surface area contributed by atoms with Crippen LogP contribution < -0.4 is 4.72 Å². The highest BCUT2D eigenvalue weighted by atomic mass is 35.5. The van der Waals surface area contributed by atoms with Gasteiger partial charge in [-0.25, -0.2) is 0 Å². The zero-order valence-electron chi connectivity index (χ0n) is 8.75. The van der Waals surface area contributed by atoms with Crippen LogP contribution in [0.4, 0.5) is 0 Å². The Bertz CT molecular complexity index is 325. The normalized spacial score (nSPS) is 10.7. The second-order valence-corrected chi connectivity index (χ2v) is 6.01. The smallest absolute Gasteiger partial charge is 0.230 e. The summed E-state index contributed by atoms with van der Waals surface area (Å²) in [7, 11) is 0. The SMILES string of the molecule is CC(C)CCC(=O)NSc1sccc1Cl. The Balaban J connectivity index is 2.26. The van der Waals surface area contributed by atoms with Crippen LogP contribution in [0.1, 0.15) is 26.7 Å². The van der Waals surface area contributed by atoms with Crippen molar-refractivity contribution in [1.82, 2.24) is 4.72 Å². The van der Waals surface area contributed by atoms with Crippen molar-refractivity contribution >= 4 is 40.8 Å². The Morgan fingerprint density at radius 2 is 2.40 bits per heavy atom. The van der Waals surface area contributed by atoms with Crippen LogP contribution in [0.3, 0.4) is 0 Å². The number of nitrogens with one attached hydrogen (secondary N) is 1. The summed E-state index contributed by atoms with van der Waals surface area (Å²) in [5, 5.41) is 2.61. The molecule has 15 heavy (non-hydrogen) atoms. The average molecular weight is 264 g/mol. The fraction of sp³-hybridized carbons (Fsp3) is 0.500. The van der Waals surface area contributed by atoms with Gasteiger partial charge in [-0.15, -0.1) is 11.3 Å². The lowest BCUT2D eigenvalue weighted by Gasteiger charge is -2.04. The third-order valence-electron chi connectivity index (χ3n) is 1.79. The highest BCUT2D eigenvalue weighted by Crippen LogP contribution is 2.30. The van der Waals surface area contributed by atoms with Gasteiger partial charge in [-0.2, -0.15) is 0 Å². The minimum atomic E-state index is 0.0677. The lowest BCUT2D eigenvalue weighted by Crippen LogP contribution is -2.15. The fourth-order valence-electron chi connectivity index (χ4n) is 0.927. The van der Waals surface area contributed by atoms with E-state index >= 15 is 0 Å². The predicted molar refractivity (Wildman–Crippen MR) is 67.4 cm³/mol. The molecule has 1 aromatic rings. The van der Waals surface area contributed by atoms with Gasteiger partial charge in [-0.1, -0.05) is 25.4 Å². The van der Waals surface area contributed by atoms with Gasteiger partial charge in [0.25, 0.3) is 0 Å². The maximum Gasteiger partial charge on any atom is 0.230 e. The second-order valence-electron chi connectivity index (χ2n) is 3.62. The summed E-state index contributed by atoms with van der Waals surface area (Å²) in [6.07, 6.45) is 1.50. The molecule has 0 radical (unpaired) electrons. The summed E-state index contributed by atoms with van der Waals surface area (Å²) in [4.78, 5) is 11.4. The van der Waals surface area contributed by atoms with Gasteiger partial charge in [0, 0.05) is 6.42 Å². The first-order chi connectivity index (χ1) is 7.09. The number of amides is 1. The quantitative estimate of drug-likeness (QED) is 0.815. The number of carbonyl (C=O) groups is 1. The third-order valence-corrected chi connectivity index (χ3v) is 4.31. The standard InChI is InChI=1S/C10H14ClNOS2/c1-7(2)3-4-9(13)12-15-10-8(11)5-6-14-10/h5-7H,3-4H2,1-2H3,(H,12,13). The average Bonchev–Trinajstić information content (AvgIpc) is 2.58. The largest absolute Gasteiger partial charge is 0.295 e. The van der Waals surface area contributed by atoms with E-state index in [0.717, 1.165) is 10.6 Å². The van der Waals surface area contributed by atoms with E-state index in [0.29, 0.717) is 17.4 Å². The van der Waals surface area contributed by atoms with Crippen molar-refractivity contribution in [2.75, 3.05) is 0 Å². The van der Waals surface area contributed by atoms with Crippen LogP contribution >= 0.6 is 34.9 Å². The van der Waals surface area contributed by atoms with E-state index in [1.807, 2.05) is 11.4 Å². The lowest BCUT2D eigenvalue weighted by atomic mass is 10.1. The highest BCUT2D eigenvalue weighted by molar-refractivity contribution is 7.99. The molecular weight excluding hydrogens is 250 g/mol. The maximum atomic E-state index is 11.4. The molecule has 1 N–H and O–H groups in total. The van der Waals surface area contributed by atoms with Crippen LogP contribution in [0.5, 0.6) is 0 Å². The molecule has 1 rings (SSSR count). The molecule has 0 fully saturated rings. The summed E-state index contributed by atoms with van der Waals surface area (Å²) >= 11 is 8.72. The molecule has 0 aromatic carbocycles. The number of hydrogen-bond acceptors (Lipinski definition) is 3. The summed E-state index contributed by atoms with van der Waals surface area (Å²) < 4.78 is 3.72. The molecule has 5 heteroatoms. The Morgan fingerprint density at radius 3 is 2.93 bits per heavy atom. The highest BCUT2D eigenvalue weighted by Gasteiger charge is 2.06. The van der Waals surface area contributed by atoms with Crippen molar-refractivity contribution in [3.05, 3.63) is 16.5 Å². The van der Waals surface area contributed by atoms with Gasteiger partial charge in [0.15, 0.2) is 0 Å². The van der Waals surface area contributed by atoms with Crippen molar-refractivity contribution < 1.29 is 4.79 Å². The van der Waals surface area contributed by atoms with Crippen molar-refractivity contribution in [2.24, 2.45) is 5.92 Å². The first-order valence-corrected chi connectivity index (χ1v) is 6.85. The van der Waals surface area contributed by atoms with Crippen molar-refractivity contribution in [1.29, 1.82) is 0 Å². The summed E-state index contributed by atoms with van der Waals surface area (Å²) in [5.41, 5.74) is 0. The van der Waals surface area contributed by atoms with Gasteiger partial charge >= 0.3 is 0 Å². The predicted octanol–water partition coefficient (Wildman–Crippen LogP) is 3.96. The molecule has 0 aliphatic heterocycles. The second kappa shape index (κ2) is 6.40. The zero-order chi connectivity index (χ0) is 11.3. The van der Waals surface area contributed by atoms with E-state index in [1.165, 1.54) is 23.3 Å². The number of thiophene rings is 1. The summed E-state index contributed by atoms with van der Waals surface area (Å²) in [6.45, 7) is 4.22. The Labute approximate surface area is 104 Å². The van der Waals surface area contributed by atoms with Crippen molar-refractivity contribution in [3.8, 4) is 0 Å². The molecule has 0 bridgehead atoms. The first kappa shape index (κ1) is 12.9. The van der Waals surface area contributed by atoms with Gasteiger partial charge < -0.3 is 0 Å². The Kier molecular flexibility index (Phi) is 5.50. The van der Waals surface area contributed by atoms with Gasteiger partial charge in [0.05, 0.1) is 9.23 Å². The summed E-state index contributed by atoms with van der Waals surface area (Å²) in [6, 6.07) is 1.83. The van der Waals surface area contributed by atoms with E-state index in [-0.39, 0.29) is 5.91 Å². The van der Waals surface area contributed by atoms with E-state index in [1.54, 1.807) is 0 Å². The molecule has 84 valence electrons. The molecule has 0 saturated carbocycles. The molecule has 0 saturated heterocycles. The van der Waals surface area contributed by atoms with Crippen LogP contribution in [0, 0.1) is 5.92 Å². The lowest BCUT2D eigenvalue weighted by molar-refractivity contribution is -0.119. The van der Waals surface area contributed by atoms with Crippen molar-refractivity contribution in [2.45, 2.75) is 30.9 Å². The Morgan fingerprint density at radius 1 is 1.67 bits per heavy atom. The molecule has 1 amide bonds. The molecule has 1 aromatic heterocycles. The van der Waals surface area contributed by atoms with Crippen LogP contribution in [-0.4, -0.2) is 5.91 Å². The minimum absolute atomic E-state index is 0.0677. The van der Waals surface area contributed by atoms with E-state index in [2.05, 4.69) is 18.6 Å². The number of halogens is 1. The van der Waals surface area contributed by atoms with Gasteiger partial charge in [0.2, 0.25) is 5.91 Å². The van der Waals surface area contributed by atoms with Gasteiger partial charge in [0.1, 0.15) is 0 Å². The molecule has 2 nitrogen and oxygen atoms in total. The Hall–Kier alpha value is -0.190. The van der Waals surface area contributed by atoms with Gasteiger partial charge in [-0.05, 0) is 35.7 Å².